The number of carbonyl (C=O) groups excluding carboxylic acids is 2. The number of para-hydroxylation sites is 1. The van der Waals surface area contributed by atoms with Crippen LogP contribution in [0.4, 0.5) is 13.2 Å². The van der Waals surface area contributed by atoms with E-state index in [0.717, 1.165) is 23.3 Å². The monoisotopic (exact) mass is 568 g/mol. The third-order valence-corrected chi connectivity index (χ3v) is 8.71. The van der Waals surface area contributed by atoms with E-state index in [1.807, 2.05) is 24.3 Å². The van der Waals surface area contributed by atoms with Gasteiger partial charge in [-0.3, -0.25) is 14.8 Å². The first-order valence-corrected chi connectivity index (χ1v) is 14.0. The number of carbonyl (C=O) groups is 2. The summed E-state index contributed by atoms with van der Waals surface area (Å²) in [6, 6.07) is 11.1. The third-order valence-electron chi connectivity index (χ3n) is 7.72. The van der Waals surface area contributed by atoms with Crippen LogP contribution in [0, 0.1) is 5.92 Å². The summed E-state index contributed by atoms with van der Waals surface area (Å²) in [6.07, 6.45) is -4.23. The highest BCUT2D eigenvalue weighted by Crippen LogP contribution is 2.47. The van der Waals surface area contributed by atoms with Crippen molar-refractivity contribution < 1.29 is 45.9 Å². The van der Waals surface area contributed by atoms with Crippen LogP contribution in [-0.2, 0) is 19.6 Å². The second-order valence-corrected chi connectivity index (χ2v) is 11.8. The van der Waals surface area contributed by atoms with Gasteiger partial charge in [-0.05, 0) is 36.6 Å². The Balaban J connectivity index is 1.36. The van der Waals surface area contributed by atoms with E-state index in [-0.39, 0.29) is 17.9 Å². The van der Waals surface area contributed by atoms with Gasteiger partial charge in [0.1, 0.15) is 11.4 Å². The maximum atomic E-state index is 14.8. The standard InChI is InChI=1S/C26H27F3N2O7S/c27-14-39(35,36)31(34)25(33)19-11-26(23(29)20(28)13-38-26)12-21(19)30-24(32)16-7-5-15(6-8-16)17-9-10-37-22-4-2-1-3-18(17)22/h1-8,17,19-21,23,34H,9-14H2,(H,30,32)/t17?,19-,20?,21+,23?,26+/m0/s1. The van der Waals surface area contributed by atoms with Gasteiger partial charge in [-0.2, -0.15) is 0 Å². The van der Waals surface area contributed by atoms with Gasteiger partial charge in [0.25, 0.3) is 21.8 Å². The Morgan fingerprint density at radius 2 is 1.82 bits per heavy atom. The van der Waals surface area contributed by atoms with Crippen LogP contribution < -0.4 is 10.1 Å². The summed E-state index contributed by atoms with van der Waals surface area (Å²) in [5.41, 5.74) is 0.379. The van der Waals surface area contributed by atoms with Crippen LogP contribution in [0.15, 0.2) is 48.5 Å². The SMILES string of the molecule is O=C(N[C@@H]1C[C@@]2(C[C@@H]1C(=O)N(O)S(=O)(=O)CF)OCC(F)C2F)c1ccc(C2CCOc3ccccc32)cc1. The van der Waals surface area contributed by atoms with E-state index >= 15 is 0 Å². The molecule has 13 heteroatoms. The average molecular weight is 569 g/mol. The highest BCUT2D eigenvalue weighted by Gasteiger charge is 2.60. The topological polar surface area (TPSA) is 122 Å². The summed E-state index contributed by atoms with van der Waals surface area (Å²) >= 11 is 0. The van der Waals surface area contributed by atoms with Gasteiger partial charge in [0, 0.05) is 29.5 Å². The Kier molecular flexibility index (Phi) is 7.33. The van der Waals surface area contributed by atoms with Crippen molar-refractivity contribution in [2.24, 2.45) is 5.92 Å². The molecule has 9 nitrogen and oxygen atoms in total. The van der Waals surface area contributed by atoms with Crippen LogP contribution in [0.1, 0.15) is 46.7 Å². The molecule has 3 aliphatic rings. The molecule has 0 aromatic heterocycles. The summed E-state index contributed by atoms with van der Waals surface area (Å²) in [5.74, 6) is -2.78. The Hall–Kier alpha value is -3.16. The molecule has 1 saturated carbocycles. The average Bonchev–Trinajstić information content (AvgIpc) is 3.46. The van der Waals surface area contributed by atoms with Crippen molar-refractivity contribution in [3.8, 4) is 5.75 Å². The lowest BCUT2D eigenvalue weighted by Gasteiger charge is -2.26. The summed E-state index contributed by atoms with van der Waals surface area (Å²) < 4.78 is 75.5. The number of alkyl halides is 3. The molecule has 0 bridgehead atoms. The number of nitrogens with one attached hydrogen (secondary N) is 1. The van der Waals surface area contributed by atoms with Crippen molar-refractivity contribution in [3.63, 3.8) is 0 Å². The van der Waals surface area contributed by atoms with E-state index in [9.17, 15) is 36.4 Å². The second kappa shape index (κ2) is 10.4. The van der Waals surface area contributed by atoms with Gasteiger partial charge >= 0.3 is 0 Å². The maximum absolute atomic E-state index is 14.8. The molecule has 2 aromatic rings. The normalized spacial score (nSPS) is 30.0. The molecule has 5 rings (SSSR count). The molecule has 0 radical (unpaired) electrons. The van der Waals surface area contributed by atoms with Gasteiger partial charge in [0.2, 0.25) is 6.01 Å². The minimum Gasteiger partial charge on any atom is -0.493 e. The van der Waals surface area contributed by atoms with Crippen molar-refractivity contribution in [2.45, 2.75) is 49.2 Å². The molecule has 2 amide bonds. The fourth-order valence-corrected chi connectivity index (χ4v) is 6.24. The molecule has 210 valence electrons. The summed E-state index contributed by atoms with van der Waals surface area (Å²) in [6.45, 7) is -0.0364. The van der Waals surface area contributed by atoms with Crippen molar-refractivity contribution in [3.05, 3.63) is 65.2 Å². The van der Waals surface area contributed by atoms with Gasteiger partial charge < -0.3 is 14.8 Å². The van der Waals surface area contributed by atoms with Gasteiger partial charge in [-0.1, -0.05) is 30.3 Å². The number of rotatable bonds is 6. The predicted molar refractivity (Wildman–Crippen MR) is 131 cm³/mol. The first kappa shape index (κ1) is 27.4. The van der Waals surface area contributed by atoms with Gasteiger partial charge in [-0.15, -0.1) is 4.47 Å². The molecule has 1 saturated heterocycles. The zero-order chi connectivity index (χ0) is 27.9. The summed E-state index contributed by atoms with van der Waals surface area (Å²) in [5, 5.41) is 12.5. The minimum atomic E-state index is -4.99. The zero-order valence-electron chi connectivity index (χ0n) is 20.6. The highest BCUT2D eigenvalue weighted by atomic mass is 32.2. The number of hydroxylamine groups is 1. The molecular formula is C26H27F3N2O7S. The Morgan fingerprint density at radius 3 is 2.49 bits per heavy atom. The van der Waals surface area contributed by atoms with E-state index in [0.29, 0.717) is 6.61 Å². The molecule has 2 N–H and O–H groups in total. The molecule has 2 fully saturated rings. The number of fused-ring (bicyclic) bond motifs is 1. The number of amides is 2. The largest absolute Gasteiger partial charge is 0.493 e. The Morgan fingerprint density at radius 1 is 1.10 bits per heavy atom. The molecule has 2 aliphatic heterocycles. The molecule has 2 heterocycles. The van der Waals surface area contributed by atoms with Crippen molar-refractivity contribution in [2.75, 3.05) is 19.2 Å². The molecule has 39 heavy (non-hydrogen) atoms. The maximum Gasteiger partial charge on any atom is 0.289 e. The second-order valence-electron chi connectivity index (χ2n) is 10.0. The summed E-state index contributed by atoms with van der Waals surface area (Å²) in [7, 11) is -4.99. The zero-order valence-corrected chi connectivity index (χ0v) is 21.5. The van der Waals surface area contributed by atoms with Gasteiger partial charge in [0.05, 0.1) is 19.1 Å². The van der Waals surface area contributed by atoms with Crippen LogP contribution in [-0.4, -0.2) is 73.1 Å². The number of sulfonamides is 1. The highest BCUT2D eigenvalue weighted by molar-refractivity contribution is 7.89. The first-order valence-electron chi connectivity index (χ1n) is 12.4. The molecule has 2 aromatic carbocycles. The molecular weight excluding hydrogens is 541 g/mol. The number of ether oxygens (including phenoxy) is 2. The lowest BCUT2D eigenvalue weighted by atomic mass is 9.86. The molecule has 6 atom stereocenters. The first-order chi connectivity index (χ1) is 18.6. The van der Waals surface area contributed by atoms with Crippen LogP contribution in [0.3, 0.4) is 0 Å². The van der Waals surface area contributed by atoms with Gasteiger partial charge in [0.15, 0.2) is 12.3 Å². The smallest absolute Gasteiger partial charge is 0.289 e. The van der Waals surface area contributed by atoms with Crippen LogP contribution >= 0.6 is 0 Å². The third kappa shape index (κ3) is 4.98. The van der Waals surface area contributed by atoms with Gasteiger partial charge in [-0.25, -0.2) is 21.6 Å². The fraction of sp³-hybridized carbons (Fsp3) is 0.462. The quantitative estimate of drug-likeness (QED) is 0.406. The van der Waals surface area contributed by atoms with E-state index in [4.69, 9.17) is 9.47 Å². The van der Waals surface area contributed by atoms with Crippen molar-refractivity contribution in [1.82, 2.24) is 9.79 Å². The van der Waals surface area contributed by atoms with E-state index in [2.05, 4.69) is 5.32 Å². The number of hydrogen-bond acceptors (Lipinski definition) is 7. The van der Waals surface area contributed by atoms with Crippen molar-refractivity contribution in [1.29, 1.82) is 0 Å². The number of nitrogens with zero attached hydrogens (tertiary/aromatic N) is 1. The molecule has 3 unspecified atom stereocenters. The summed E-state index contributed by atoms with van der Waals surface area (Å²) in [4.78, 5) is 25.9. The van der Waals surface area contributed by atoms with E-state index in [1.54, 1.807) is 24.3 Å². The van der Waals surface area contributed by atoms with Crippen molar-refractivity contribution >= 4 is 21.8 Å². The lowest BCUT2D eigenvalue weighted by molar-refractivity contribution is -0.152. The number of hydrogen-bond donors (Lipinski definition) is 2. The fourth-order valence-electron chi connectivity index (χ4n) is 5.74. The van der Waals surface area contributed by atoms with Crippen LogP contribution in [0.2, 0.25) is 0 Å². The number of halogens is 3. The lowest BCUT2D eigenvalue weighted by Crippen LogP contribution is -2.46. The molecule has 1 spiro atoms. The predicted octanol–water partition coefficient (Wildman–Crippen LogP) is 3.03. The molecule has 1 aliphatic carbocycles. The van der Waals surface area contributed by atoms with E-state index < -0.39 is 75.2 Å². The Labute approximate surface area is 222 Å². The minimum absolute atomic E-state index is 0.0615. The Bertz CT molecular complexity index is 1360. The number of benzene rings is 2. The van der Waals surface area contributed by atoms with Crippen LogP contribution in [0.25, 0.3) is 0 Å². The van der Waals surface area contributed by atoms with E-state index in [1.165, 1.54) is 0 Å². The van der Waals surface area contributed by atoms with Crippen LogP contribution in [0.5, 0.6) is 5.75 Å².